The van der Waals surface area contributed by atoms with Gasteiger partial charge in [0.05, 0.1) is 6.61 Å². The van der Waals surface area contributed by atoms with Crippen molar-refractivity contribution in [1.82, 2.24) is 0 Å². The van der Waals surface area contributed by atoms with Crippen LogP contribution in [0.1, 0.15) is 72.6 Å². The molecule has 1 unspecified atom stereocenters. The summed E-state index contributed by atoms with van der Waals surface area (Å²) in [5, 5.41) is 0. The first-order chi connectivity index (χ1) is 12.7. The summed E-state index contributed by atoms with van der Waals surface area (Å²) in [6, 6.07) is 13.3. The van der Waals surface area contributed by atoms with E-state index in [-0.39, 0.29) is 11.2 Å². The van der Waals surface area contributed by atoms with Crippen LogP contribution in [0.15, 0.2) is 42.5 Å². The number of ketones is 1. The maximum atomic E-state index is 13.5. The molecular weight excluding hydrogens is 336 g/mol. The molecule has 0 aliphatic rings. The molecule has 27 heavy (non-hydrogen) atoms. The number of rotatable bonds is 6. The van der Waals surface area contributed by atoms with E-state index >= 15 is 0 Å². The summed E-state index contributed by atoms with van der Waals surface area (Å²) >= 11 is 0. The Morgan fingerprint density at radius 1 is 1.00 bits per heavy atom. The second-order valence-electron chi connectivity index (χ2n) is 8.11. The molecule has 2 aromatic carbocycles. The van der Waals surface area contributed by atoms with E-state index in [0.717, 1.165) is 17.5 Å². The van der Waals surface area contributed by atoms with Crippen molar-refractivity contribution in [3.8, 4) is 0 Å². The molecule has 2 aromatic rings. The van der Waals surface area contributed by atoms with E-state index in [9.17, 15) is 9.59 Å². The van der Waals surface area contributed by atoms with E-state index in [1.807, 2.05) is 51.1 Å². The Morgan fingerprint density at radius 3 is 2.04 bits per heavy atom. The summed E-state index contributed by atoms with van der Waals surface area (Å²) in [5.74, 6) is -1.61. The van der Waals surface area contributed by atoms with Gasteiger partial charge in [-0.05, 0) is 47.9 Å². The third-order valence-electron chi connectivity index (χ3n) is 4.72. The molecule has 0 amide bonds. The molecule has 0 saturated heterocycles. The lowest BCUT2D eigenvalue weighted by Gasteiger charge is -2.23. The SMILES string of the molecule is CCCOC(=O)C(C(=O)c1c(C)cc(C(C)(C)C)cc1C)c1ccccc1. The van der Waals surface area contributed by atoms with Gasteiger partial charge in [-0.2, -0.15) is 0 Å². The molecule has 1 atom stereocenters. The van der Waals surface area contributed by atoms with Crippen LogP contribution in [0.2, 0.25) is 0 Å². The molecule has 0 aliphatic heterocycles. The van der Waals surface area contributed by atoms with E-state index in [0.29, 0.717) is 17.7 Å². The van der Waals surface area contributed by atoms with Gasteiger partial charge in [0, 0.05) is 5.56 Å². The van der Waals surface area contributed by atoms with Crippen LogP contribution in [0, 0.1) is 13.8 Å². The summed E-state index contributed by atoms with van der Waals surface area (Å²) in [6.45, 7) is 12.6. The van der Waals surface area contributed by atoms with Crippen molar-refractivity contribution >= 4 is 11.8 Å². The fraction of sp³-hybridized carbons (Fsp3) is 0.417. The van der Waals surface area contributed by atoms with Gasteiger partial charge in [0.1, 0.15) is 5.92 Å². The van der Waals surface area contributed by atoms with E-state index in [1.165, 1.54) is 5.56 Å². The Morgan fingerprint density at radius 2 is 1.56 bits per heavy atom. The quantitative estimate of drug-likeness (QED) is 0.384. The van der Waals surface area contributed by atoms with Crippen LogP contribution >= 0.6 is 0 Å². The molecule has 0 spiro atoms. The molecule has 0 N–H and O–H groups in total. The molecular formula is C24H30O3. The summed E-state index contributed by atoms with van der Waals surface area (Å²) < 4.78 is 5.35. The lowest BCUT2D eigenvalue weighted by atomic mass is 9.81. The fourth-order valence-corrected chi connectivity index (χ4v) is 3.26. The first-order valence-electron chi connectivity index (χ1n) is 9.54. The zero-order valence-corrected chi connectivity index (χ0v) is 17.3. The van der Waals surface area contributed by atoms with Crippen molar-refractivity contribution in [3.05, 3.63) is 70.3 Å². The maximum Gasteiger partial charge on any atom is 0.321 e. The van der Waals surface area contributed by atoms with Crippen LogP contribution in [-0.4, -0.2) is 18.4 Å². The molecule has 0 radical (unpaired) electrons. The number of benzene rings is 2. The largest absolute Gasteiger partial charge is 0.465 e. The number of ether oxygens (including phenoxy) is 1. The van der Waals surface area contributed by atoms with Gasteiger partial charge in [-0.1, -0.05) is 70.2 Å². The van der Waals surface area contributed by atoms with Crippen molar-refractivity contribution < 1.29 is 14.3 Å². The minimum Gasteiger partial charge on any atom is -0.465 e. The normalized spacial score (nSPS) is 12.5. The highest BCUT2D eigenvalue weighted by molar-refractivity contribution is 6.14. The van der Waals surface area contributed by atoms with Gasteiger partial charge < -0.3 is 4.74 Å². The first kappa shape index (κ1) is 20.9. The van der Waals surface area contributed by atoms with E-state index in [4.69, 9.17) is 4.74 Å². The Hall–Kier alpha value is -2.42. The number of hydrogen-bond donors (Lipinski definition) is 0. The number of esters is 1. The standard InChI is InChI=1S/C24H30O3/c1-7-13-27-23(26)21(18-11-9-8-10-12-18)22(25)20-16(2)14-19(15-17(20)3)24(4,5)6/h8-12,14-15,21H,7,13H2,1-6H3. The number of aryl methyl sites for hydroxylation is 2. The Kier molecular flexibility index (Phi) is 6.59. The number of carbonyl (C=O) groups is 2. The lowest BCUT2D eigenvalue weighted by molar-refractivity contribution is -0.144. The van der Waals surface area contributed by atoms with Gasteiger partial charge >= 0.3 is 5.97 Å². The number of Topliss-reactive ketones (excluding diaryl/α,β-unsaturated/α-hetero) is 1. The van der Waals surface area contributed by atoms with Crippen LogP contribution in [0.5, 0.6) is 0 Å². The predicted octanol–water partition coefficient (Wildman–Crippen LogP) is 5.52. The number of carbonyl (C=O) groups excluding carboxylic acids is 2. The molecule has 2 rings (SSSR count). The van der Waals surface area contributed by atoms with Crippen molar-refractivity contribution in [1.29, 1.82) is 0 Å². The molecule has 144 valence electrons. The third-order valence-corrected chi connectivity index (χ3v) is 4.72. The van der Waals surface area contributed by atoms with Crippen LogP contribution < -0.4 is 0 Å². The zero-order valence-electron chi connectivity index (χ0n) is 17.3. The third kappa shape index (κ3) is 4.85. The average Bonchev–Trinajstić information content (AvgIpc) is 2.59. The lowest BCUT2D eigenvalue weighted by Crippen LogP contribution is -2.26. The summed E-state index contributed by atoms with van der Waals surface area (Å²) in [6.07, 6.45) is 0.722. The highest BCUT2D eigenvalue weighted by Gasteiger charge is 2.33. The van der Waals surface area contributed by atoms with Gasteiger partial charge in [-0.25, -0.2) is 0 Å². The average molecular weight is 367 g/mol. The highest BCUT2D eigenvalue weighted by Crippen LogP contribution is 2.31. The summed E-state index contributed by atoms with van der Waals surface area (Å²) in [4.78, 5) is 26.2. The summed E-state index contributed by atoms with van der Waals surface area (Å²) in [7, 11) is 0. The predicted molar refractivity (Wildman–Crippen MR) is 109 cm³/mol. The van der Waals surface area contributed by atoms with E-state index in [2.05, 4.69) is 32.9 Å². The monoisotopic (exact) mass is 366 g/mol. The summed E-state index contributed by atoms with van der Waals surface area (Å²) in [5.41, 5.74) is 4.26. The van der Waals surface area contributed by atoms with Crippen molar-refractivity contribution in [3.63, 3.8) is 0 Å². The first-order valence-corrected chi connectivity index (χ1v) is 9.54. The molecule has 0 bridgehead atoms. The van der Waals surface area contributed by atoms with E-state index in [1.54, 1.807) is 0 Å². The maximum absolute atomic E-state index is 13.5. The molecule has 3 nitrogen and oxygen atoms in total. The Balaban J connectivity index is 2.51. The Labute approximate surface area is 162 Å². The zero-order chi connectivity index (χ0) is 20.2. The second-order valence-corrected chi connectivity index (χ2v) is 8.11. The van der Waals surface area contributed by atoms with Crippen molar-refractivity contribution in [2.75, 3.05) is 6.61 Å². The molecule has 0 saturated carbocycles. The minimum atomic E-state index is -0.935. The smallest absolute Gasteiger partial charge is 0.321 e. The van der Waals surface area contributed by atoms with Gasteiger partial charge in [-0.3, -0.25) is 9.59 Å². The van der Waals surface area contributed by atoms with Crippen LogP contribution in [0.3, 0.4) is 0 Å². The van der Waals surface area contributed by atoms with Crippen molar-refractivity contribution in [2.45, 2.75) is 59.3 Å². The van der Waals surface area contributed by atoms with Gasteiger partial charge in [-0.15, -0.1) is 0 Å². The topological polar surface area (TPSA) is 43.4 Å². The van der Waals surface area contributed by atoms with Gasteiger partial charge in [0.25, 0.3) is 0 Å². The molecule has 0 heterocycles. The van der Waals surface area contributed by atoms with Gasteiger partial charge in [0.15, 0.2) is 5.78 Å². The Bertz CT molecular complexity index is 790. The molecule has 0 aromatic heterocycles. The van der Waals surface area contributed by atoms with E-state index < -0.39 is 11.9 Å². The molecule has 0 aliphatic carbocycles. The van der Waals surface area contributed by atoms with Crippen molar-refractivity contribution in [2.24, 2.45) is 0 Å². The van der Waals surface area contributed by atoms with Crippen LogP contribution in [-0.2, 0) is 14.9 Å². The molecule has 0 fully saturated rings. The van der Waals surface area contributed by atoms with Crippen LogP contribution in [0.25, 0.3) is 0 Å². The van der Waals surface area contributed by atoms with Gasteiger partial charge in [0.2, 0.25) is 0 Å². The van der Waals surface area contributed by atoms with Crippen LogP contribution in [0.4, 0.5) is 0 Å². The minimum absolute atomic E-state index is 0.00398. The number of hydrogen-bond acceptors (Lipinski definition) is 3. The second kappa shape index (κ2) is 8.51. The highest BCUT2D eigenvalue weighted by atomic mass is 16.5. The fourth-order valence-electron chi connectivity index (χ4n) is 3.26. The molecule has 3 heteroatoms.